The van der Waals surface area contributed by atoms with Gasteiger partial charge in [0.1, 0.15) is 11.5 Å². The van der Waals surface area contributed by atoms with Crippen molar-refractivity contribution in [3.63, 3.8) is 0 Å². The maximum absolute atomic E-state index is 11.4. The Kier molecular flexibility index (Phi) is 5.97. The fourth-order valence-corrected chi connectivity index (χ4v) is 4.03. The third-order valence-corrected chi connectivity index (χ3v) is 5.78. The first-order chi connectivity index (χ1) is 14.9. The lowest BCUT2D eigenvalue weighted by atomic mass is 10.0. The van der Waals surface area contributed by atoms with E-state index in [1.54, 1.807) is 0 Å². The van der Waals surface area contributed by atoms with Crippen molar-refractivity contribution in [3.8, 4) is 11.5 Å². The Hall–Kier alpha value is -3.30. The number of ether oxygens (including phenoxy) is 1. The second-order valence-corrected chi connectivity index (χ2v) is 8.03. The number of halogens is 1. The van der Waals surface area contributed by atoms with Gasteiger partial charge >= 0.3 is 5.97 Å². The van der Waals surface area contributed by atoms with E-state index in [-0.39, 0.29) is 6.42 Å². The second kappa shape index (κ2) is 8.83. The van der Waals surface area contributed by atoms with Crippen molar-refractivity contribution in [1.29, 1.82) is 0 Å². The summed E-state index contributed by atoms with van der Waals surface area (Å²) in [6, 6.07) is 21.6. The van der Waals surface area contributed by atoms with Crippen molar-refractivity contribution >= 4 is 34.8 Å². The van der Waals surface area contributed by atoms with Gasteiger partial charge in [0.25, 0.3) is 0 Å². The molecule has 0 saturated heterocycles. The molecule has 0 aliphatic heterocycles. The van der Waals surface area contributed by atoms with Gasteiger partial charge < -0.3 is 9.84 Å². The first kappa shape index (κ1) is 21.0. The van der Waals surface area contributed by atoms with E-state index in [9.17, 15) is 9.90 Å². The lowest BCUT2D eigenvalue weighted by molar-refractivity contribution is -0.135. The Morgan fingerprint density at radius 3 is 2.23 bits per heavy atom. The molecule has 3 nitrogen and oxygen atoms in total. The summed E-state index contributed by atoms with van der Waals surface area (Å²) in [5, 5.41) is 9.94. The summed E-state index contributed by atoms with van der Waals surface area (Å²) in [4.78, 5) is 11.4. The Morgan fingerprint density at radius 2 is 1.61 bits per heavy atom. The van der Waals surface area contributed by atoms with Crippen molar-refractivity contribution < 1.29 is 14.6 Å². The van der Waals surface area contributed by atoms with Crippen LogP contribution in [0.4, 0.5) is 0 Å². The fraction of sp³-hybridized carbons (Fsp3) is 0.148. The number of aryl methyl sites for hydroxylation is 1. The molecular weight excluding hydrogens is 408 g/mol. The van der Waals surface area contributed by atoms with Crippen molar-refractivity contribution in [1.82, 2.24) is 0 Å². The summed E-state index contributed by atoms with van der Waals surface area (Å²) in [5.41, 5.74) is 7.00. The molecule has 1 N–H and O–H groups in total. The number of hydrogen-bond acceptors (Lipinski definition) is 2. The molecule has 0 unspecified atom stereocenters. The van der Waals surface area contributed by atoms with Crippen molar-refractivity contribution in [3.05, 3.63) is 99.6 Å². The predicted octanol–water partition coefficient (Wildman–Crippen LogP) is 7.50. The van der Waals surface area contributed by atoms with E-state index >= 15 is 0 Å². The molecule has 0 heterocycles. The highest BCUT2D eigenvalue weighted by Crippen LogP contribution is 2.44. The van der Waals surface area contributed by atoms with Crippen LogP contribution in [0.5, 0.6) is 11.5 Å². The van der Waals surface area contributed by atoms with E-state index in [1.165, 1.54) is 5.56 Å². The molecule has 4 rings (SSSR count). The maximum Gasteiger partial charge on any atom is 0.307 e. The van der Waals surface area contributed by atoms with Crippen LogP contribution in [0.25, 0.3) is 17.2 Å². The van der Waals surface area contributed by atoms with Gasteiger partial charge in [-0.3, -0.25) is 4.79 Å². The zero-order valence-corrected chi connectivity index (χ0v) is 18.2. The maximum atomic E-state index is 11.4. The molecule has 0 radical (unpaired) electrons. The van der Waals surface area contributed by atoms with Crippen molar-refractivity contribution in [2.75, 3.05) is 0 Å². The Morgan fingerprint density at radius 1 is 0.968 bits per heavy atom. The highest BCUT2D eigenvalue weighted by Gasteiger charge is 2.25. The molecule has 0 fully saturated rings. The van der Waals surface area contributed by atoms with Gasteiger partial charge in [0.2, 0.25) is 0 Å². The van der Waals surface area contributed by atoms with Crippen LogP contribution >= 0.6 is 11.6 Å². The Balaban J connectivity index is 1.61. The van der Waals surface area contributed by atoms with E-state index < -0.39 is 5.97 Å². The van der Waals surface area contributed by atoms with Crippen LogP contribution in [0.15, 0.2) is 72.3 Å². The third kappa shape index (κ3) is 4.57. The van der Waals surface area contributed by atoms with Crippen LogP contribution in [0.2, 0.25) is 5.02 Å². The normalized spacial score (nSPS) is 14.1. The van der Waals surface area contributed by atoms with Crippen LogP contribution in [-0.2, 0) is 11.2 Å². The minimum absolute atomic E-state index is 0.0277. The zero-order chi connectivity index (χ0) is 22.0. The Labute approximate surface area is 187 Å². The first-order valence-corrected chi connectivity index (χ1v) is 10.6. The Bertz CT molecular complexity index is 1190. The molecule has 156 valence electrons. The summed E-state index contributed by atoms with van der Waals surface area (Å²) in [7, 11) is 0. The third-order valence-electron chi connectivity index (χ3n) is 5.54. The molecule has 0 bridgehead atoms. The monoisotopic (exact) mass is 430 g/mol. The molecule has 4 heteroatoms. The highest BCUT2D eigenvalue weighted by atomic mass is 35.5. The van der Waals surface area contributed by atoms with Crippen molar-refractivity contribution in [2.45, 2.75) is 26.7 Å². The molecule has 1 aliphatic rings. The highest BCUT2D eigenvalue weighted by molar-refractivity contribution is 6.31. The lowest BCUT2D eigenvalue weighted by Gasteiger charge is -2.08. The number of carboxylic acid groups (broad SMARTS) is 1. The second-order valence-electron chi connectivity index (χ2n) is 7.59. The van der Waals surface area contributed by atoms with Crippen LogP contribution in [0.1, 0.15) is 42.5 Å². The number of aliphatic carboxylic acids is 1. The number of allylic oxidation sites excluding steroid dienone is 2. The summed E-state index contributed by atoms with van der Waals surface area (Å²) >= 11 is 6.18. The molecular formula is C27H23ClO3. The topological polar surface area (TPSA) is 46.5 Å². The van der Waals surface area contributed by atoms with E-state index in [0.717, 1.165) is 51.3 Å². The van der Waals surface area contributed by atoms with Gasteiger partial charge in [-0.05, 0) is 94.8 Å². The van der Waals surface area contributed by atoms with Gasteiger partial charge in [0, 0.05) is 5.02 Å². The summed E-state index contributed by atoms with van der Waals surface area (Å²) in [5.74, 6) is 0.723. The molecule has 0 spiro atoms. The SMILES string of the molecule is CCc1ccc(Oc2ccc(/C=C3/C(C)=C(CC(=O)O)c4cc(Cl)ccc43)cc2)cc1. The van der Waals surface area contributed by atoms with E-state index in [0.29, 0.717) is 5.02 Å². The average Bonchev–Trinajstić information content (AvgIpc) is 3.00. The molecule has 3 aromatic rings. The molecule has 0 atom stereocenters. The van der Waals surface area contributed by atoms with Gasteiger partial charge in [0.15, 0.2) is 0 Å². The van der Waals surface area contributed by atoms with Crippen LogP contribution < -0.4 is 4.74 Å². The summed E-state index contributed by atoms with van der Waals surface area (Å²) in [6.45, 7) is 4.09. The van der Waals surface area contributed by atoms with E-state index in [1.807, 2.05) is 61.5 Å². The lowest BCUT2D eigenvalue weighted by Crippen LogP contribution is -1.96. The molecule has 1 aliphatic carbocycles. The number of carboxylic acids is 1. The van der Waals surface area contributed by atoms with Crippen LogP contribution in [0, 0.1) is 0 Å². The number of carbonyl (C=O) groups is 1. The molecule has 31 heavy (non-hydrogen) atoms. The predicted molar refractivity (Wildman–Crippen MR) is 127 cm³/mol. The molecule has 0 aromatic heterocycles. The minimum Gasteiger partial charge on any atom is -0.481 e. The van der Waals surface area contributed by atoms with E-state index in [2.05, 4.69) is 25.1 Å². The largest absolute Gasteiger partial charge is 0.481 e. The van der Waals surface area contributed by atoms with E-state index in [4.69, 9.17) is 16.3 Å². The quantitative estimate of drug-likeness (QED) is 0.440. The molecule has 3 aromatic carbocycles. The number of fused-ring (bicyclic) bond motifs is 1. The van der Waals surface area contributed by atoms with Gasteiger partial charge in [-0.1, -0.05) is 48.9 Å². The van der Waals surface area contributed by atoms with Gasteiger partial charge in [-0.2, -0.15) is 0 Å². The standard InChI is InChI=1S/C27H23ClO3/c1-3-18-4-9-21(10-5-18)31-22-11-6-19(7-12-22)14-24-17(2)25(16-27(29)30)26-15-20(28)8-13-23(24)26/h4-15H,3,16H2,1-2H3,(H,29,30)/b24-14-. The van der Waals surface area contributed by atoms with Gasteiger partial charge in [0.05, 0.1) is 6.42 Å². The minimum atomic E-state index is -0.852. The first-order valence-electron chi connectivity index (χ1n) is 10.3. The number of hydrogen-bond donors (Lipinski definition) is 1. The summed E-state index contributed by atoms with van der Waals surface area (Å²) < 4.78 is 5.94. The van der Waals surface area contributed by atoms with Crippen LogP contribution in [0.3, 0.4) is 0 Å². The molecule has 0 saturated carbocycles. The van der Waals surface area contributed by atoms with Gasteiger partial charge in [-0.25, -0.2) is 0 Å². The zero-order valence-electron chi connectivity index (χ0n) is 17.5. The van der Waals surface area contributed by atoms with Crippen molar-refractivity contribution in [2.24, 2.45) is 0 Å². The van der Waals surface area contributed by atoms with Crippen LogP contribution in [-0.4, -0.2) is 11.1 Å². The molecule has 0 amide bonds. The van der Waals surface area contributed by atoms with Gasteiger partial charge in [-0.15, -0.1) is 0 Å². The smallest absolute Gasteiger partial charge is 0.307 e. The number of benzene rings is 3. The number of rotatable bonds is 6. The summed E-state index contributed by atoms with van der Waals surface area (Å²) in [6.07, 6.45) is 3.05. The average molecular weight is 431 g/mol. The fourth-order valence-electron chi connectivity index (χ4n) is 3.86.